The molecule has 0 atom stereocenters. The lowest BCUT2D eigenvalue weighted by Gasteiger charge is -2.09. The third-order valence-corrected chi connectivity index (χ3v) is 4.82. The SMILES string of the molecule is O=C(Nc1ccc(Cl)cc1)Nc1ccc2c(c1)S(=O)(=O)C=C2. The van der Waals surface area contributed by atoms with Crippen molar-refractivity contribution in [3.8, 4) is 0 Å². The molecule has 2 N–H and O–H groups in total. The number of nitrogens with one attached hydrogen (secondary N) is 2. The number of carbonyl (C=O) groups is 1. The topological polar surface area (TPSA) is 75.3 Å². The molecule has 0 bridgehead atoms. The van der Waals surface area contributed by atoms with Crippen LogP contribution in [0.3, 0.4) is 0 Å². The zero-order valence-corrected chi connectivity index (χ0v) is 12.8. The quantitative estimate of drug-likeness (QED) is 0.878. The first-order valence-corrected chi connectivity index (χ1v) is 8.27. The van der Waals surface area contributed by atoms with Crippen molar-refractivity contribution in [2.24, 2.45) is 0 Å². The number of hydrogen-bond donors (Lipinski definition) is 2. The summed E-state index contributed by atoms with van der Waals surface area (Å²) >= 11 is 5.77. The van der Waals surface area contributed by atoms with Crippen LogP contribution in [0, 0.1) is 0 Å². The van der Waals surface area contributed by atoms with Gasteiger partial charge >= 0.3 is 6.03 Å². The van der Waals surface area contributed by atoms with Gasteiger partial charge in [0.2, 0.25) is 9.84 Å². The molecule has 22 heavy (non-hydrogen) atoms. The molecule has 112 valence electrons. The number of benzene rings is 2. The Morgan fingerprint density at radius 1 is 0.955 bits per heavy atom. The van der Waals surface area contributed by atoms with E-state index in [4.69, 9.17) is 11.6 Å². The molecule has 7 heteroatoms. The summed E-state index contributed by atoms with van der Waals surface area (Å²) in [7, 11) is -3.39. The number of rotatable bonds is 2. The van der Waals surface area contributed by atoms with E-state index in [0.29, 0.717) is 22.0 Å². The number of hydrogen-bond acceptors (Lipinski definition) is 3. The van der Waals surface area contributed by atoms with Crippen LogP contribution in [0.1, 0.15) is 5.56 Å². The molecule has 0 unspecified atom stereocenters. The summed E-state index contributed by atoms with van der Waals surface area (Å²) in [5.74, 6) is 0. The van der Waals surface area contributed by atoms with Crippen molar-refractivity contribution in [2.75, 3.05) is 10.6 Å². The fraction of sp³-hybridized carbons (Fsp3) is 0. The van der Waals surface area contributed by atoms with E-state index in [1.54, 1.807) is 36.4 Å². The minimum absolute atomic E-state index is 0.191. The predicted molar refractivity (Wildman–Crippen MR) is 86.8 cm³/mol. The van der Waals surface area contributed by atoms with Crippen LogP contribution in [-0.2, 0) is 9.84 Å². The molecule has 1 aliphatic heterocycles. The van der Waals surface area contributed by atoms with Gasteiger partial charge in [-0.2, -0.15) is 0 Å². The molecule has 3 rings (SSSR count). The lowest BCUT2D eigenvalue weighted by molar-refractivity contribution is 0.262. The highest BCUT2D eigenvalue weighted by Crippen LogP contribution is 2.29. The van der Waals surface area contributed by atoms with Gasteiger partial charge in [0, 0.05) is 21.8 Å². The Bertz CT molecular complexity index is 874. The zero-order chi connectivity index (χ0) is 15.7. The molecule has 2 amide bonds. The third-order valence-electron chi connectivity index (χ3n) is 3.11. The van der Waals surface area contributed by atoms with E-state index >= 15 is 0 Å². The van der Waals surface area contributed by atoms with Crippen LogP contribution in [0.5, 0.6) is 0 Å². The molecule has 0 saturated carbocycles. The second kappa shape index (κ2) is 5.47. The van der Waals surface area contributed by atoms with Gasteiger partial charge in [-0.15, -0.1) is 0 Å². The summed E-state index contributed by atoms with van der Waals surface area (Å²) in [5.41, 5.74) is 1.60. The van der Waals surface area contributed by atoms with E-state index < -0.39 is 15.9 Å². The maximum atomic E-state index is 11.9. The van der Waals surface area contributed by atoms with Crippen LogP contribution >= 0.6 is 11.6 Å². The summed E-state index contributed by atoms with van der Waals surface area (Å²) in [6, 6.07) is 10.9. The van der Waals surface area contributed by atoms with E-state index in [2.05, 4.69) is 10.6 Å². The van der Waals surface area contributed by atoms with Gasteiger partial charge in [-0.25, -0.2) is 13.2 Å². The first-order valence-electron chi connectivity index (χ1n) is 6.35. The monoisotopic (exact) mass is 334 g/mol. The molecule has 0 fully saturated rings. The van der Waals surface area contributed by atoms with Crippen molar-refractivity contribution in [1.29, 1.82) is 0 Å². The molecular weight excluding hydrogens is 324 g/mol. The number of carbonyl (C=O) groups excluding carboxylic acids is 1. The Balaban J connectivity index is 1.74. The van der Waals surface area contributed by atoms with Crippen LogP contribution in [0.2, 0.25) is 5.02 Å². The predicted octanol–water partition coefficient (Wildman–Crippen LogP) is 3.74. The molecule has 0 spiro atoms. The Morgan fingerprint density at radius 3 is 2.32 bits per heavy atom. The average molecular weight is 335 g/mol. The smallest absolute Gasteiger partial charge is 0.308 e. The van der Waals surface area contributed by atoms with E-state index in [1.165, 1.54) is 12.1 Å². The number of urea groups is 1. The zero-order valence-electron chi connectivity index (χ0n) is 11.2. The van der Waals surface area contributed by atoms with Gasteiger partial charge in [-0.05, 0) is 48.0 Å². The van der Waals surface area contributed by atoms with Crippen LogP contribution in [-0.4, -0.2) is 14.4 Å². The van der Waals surface area contributed by atoms with Crippen LogP contribution < -0.4 is 10.6 Å². The van der Waals surface area contributed by atoms with Gasteiger partial charge < -0.3 is 10.6 Å². The highest BCUT2D eigenvalue weighted by atomic mass is 35.5. The minimum Gasteiger partial charge on any atom is -0.308 e. The van der Waals surface area contributed by atoms with E-state index in [-0.39, 0.29) is 4.90 Å². The largest absolute Gasteiger partial charge is 0.323 e. The number of anilines is 2. The fourth-order valence-corrected chi connectivity index (χ4v) is 3.41. The number of fused-ring (bicyclic) bond motifs is 1. The molecule has 2 aromatic rings. The molecule has 0 saturated heterocycles. The summed E-state index contributed by atoms with van der Waals surface area (Å²) < 4.78 is 23.6. The van der Waals surface area contributed by atoms with Gasteiger partial charge in [0.1, 0.15) is 0 Å². The molecule has 0 radical (unpaired) electrons. The summed E-state index contributed by atoms with van der Waals surface area (Å²) in [6.45, 7) is 0. The number of halogens is 1. The maximum absolute atomic E-state index is 11.9. The lowest BCUT2D eigenvalue weighted by Crippen LogP contribution is -2.19. The molecule has 2 aromatic carbocycles. The number of amides is 2. The number of sulfone groups is 1. The normalized spacial score (nSPS) is 14.4. The molecular formula is C15H11ClN2O3S. The molecule has 0 aliphatic carbocycles. The van der Waals surface area contributed by atoms with E-state index in [0.717, 1.165) is 5.41 Å². The summed E-state index contributed by atoms with van der Waals surface area (Å²) in [6.07, 6.45) is 1.53. The van der Waals surface area contributed by atoms with E-state index in [9.17, 15) is 13.2 Å². The van der Waals surface area contributed by atoms with Crippen molar-refractivity contribution in [3.05, 3.63) is 58.5 Å². The van der Waals surface area contributed by atoms with Gasteiger partial charge in [0.25, 0.3) is 0 Å². The summed E-state index contributed by atoms with van der Waals surface area (Å²) in [5, 5.41) is 6.95. The first kappa shape index (κ1) is 14.6. The third kappa shape index (κ3) is 2.98. The second-order valence-corrected chi connectivity index (χ2v) is 6.92. The summed E-state index contributed by atoms with van der Waals surface area (Å²) in [4.78, 5) is 12.1. The van der Waals surface area contributed by atoms with Gasteiger partial charge in [0.15, 0.2) is 0 Å². The van der Waals surface area contributed by atoms with Crippen molar-refractivity contribution >= 4 is 44.9 Å². The molecule has 1 aliphatic rings. The maximum Gasteiger partial charge on any atom is 0.323 e. The van der Waals surface area contributed by atoms with Crippen LogP contribution in [0.25, 0.3) is 6.08 Å². The van der Waals surface area contributed by atoms with Gasteiger partial charge in [-0.3, -0.25) is 0 Å². The van der Waals surface area contributed by atoms with Crippen LogP contribution in [0.4, 0.5) is 16.2 Å². The Hall–Kier alpha value is -2.31. The highest BCUT2D eigenvalue weighted by Gasteiger charge is 2.21. The highest BCUT2D eigenvalue weighted by molar-refractivity contribution is 7.94. The molecule has 1 heterocycles. The average Bonchev–Trinajstić information content (AvgIpc) is 2.77. The molecule has 5 nitrogen and oxygen atoms in total. The van der Waals surface area contributed by atoms with Crippen molar-refractivity contribution < 1.29 is 13.2 Å². The van der Waals surface area contributed by atoms with Gasteiger partial charge in [-0.1, -0.05) is 17.7 Å². The van der Waals surface area contributed by atoms with Crippen molar-refractivity contribution in [2.45, 2.75) is 4.90 Å². The van der Waals surface area contributed by atoms with Crippen molar-refractivity contribution in [1.82, 2.24) is 0 Å². The minimum atomic E-state index is -3.39. The second-order valence-electron chi connectivity index (χ2n) is 4.69. The fourth-order valence-electron chi connectivity index (χ4n) is 2.06. The van der Waals surface area contributed by atoms with E-state index in [1.807, 2.05) is 0 Å². The van der Waals surface area contributed by atoms with Crippen LogP contribution in [0.15, 0.2) is 52.8 Å². The first-order chi connectivity index (χ1) is 10.4. The Labute approximate surface area is 132 Å². The Kier molecular flexibility index (Phi) is 3.64. The lowest BCUT2D eigenvalue weighted by atomic mass is 10.2. The molecule has 0 aromatic heterocycles. The Morgan fingerprint density at radius 2 is 1.59 bits per heavy atom. The van der Waals surface area contributed by atoms with Crippen molar-refractivity contribution in [3.63, 3.8) is 0 Å². The van der Waals surface area contributed by atoms with Gasteiger partial charge in [0.05, 0.1) is 4.90 Å². The standard InChI is InChI=1S/C15H11ClN2O3S/c16-11-2-5-12(6-3-11)17-15(19)18-13-4-1-10-7-8-22(20,21)14(10)9-13/h1-9H,(H2,17,18,19).